The summed E-state index contributed by atoms with van der Waals surface area (Å²) in [4.78, 5) is 9.05. The molecular weight excluding hydrogens is 400 g/mol. The van der Waals surface area contributed by atoms with Crippen LogP contribution in [0.5, 0.6) is 0 Å². The largest absolute Gasteiger partial charge is 0.337 e. The van der Waals surface area contributed by atoms with Crippen molar-refractivity contribution in [2.75, 3.05) is 6.54 Å². The van der Waals surface area contributed by atoms with Crippen LogP contribution in [0.25, 0.3) is 22.3 Å². The van der Waals surface area contributed by atoms with E-state index < -0.39 is 16.1 Å². The fraction of sp³-hybridized carbons (Fsp3) is 0.227. The lowest BCUT2D eigenvalue weighted by molar-refractivity contribution is 0.205. The minimum atomic E-state index is -3.80. The molecule has 1 atom stereocenters. The van der Waals surface area contributed by atoms with E-state index in [1.165, 1.54) is 4.31 Å². The molecule has 8 heteroatoms. The van der Waals surface area contributed by atoms with Gasteiger partial charge >= 0.3 is 0 Å². The molecule has 0 bridgehead atoms. The zero-order valence-electron chi connectivity index (χ0n) is 16.2. The minimum Gasteiger partial charge on any atom is -0.337 e. The van der Waals surface area contributed by atoms with E-state index in [2.05, 4.69) is 15.1 Å². The fourth-order valence-corrected chi connectivity index (χ4v) is 5.74. The highest BCUT2D eigenvalue weighted by Crippen LogP contribution is 2.36. The van der Waals surface area contributed by atoms with Crippen molar-refractivity contribution in [3.05, 3.63) is 72.8 Å². The molecule has 2 aromatic heterocycles. The highest BCUT2D eigenvalue weighted by Gasteiger charge is 2.38. The van der Waals surface area contributed by atoms with Gasteiger partial charge in [0.2, 0.25) is 21.7 Å². The van der Waals surface area contributed by atoms with E-state index in [0.717, 1.165) is 23.8 Å². The molecule has 5 rings (SSSR count). The fourth-order valence-electron chi connectivity index (χ4n) is 3.93. The van der Waals surface area contributed by atoms with E-state index in [1.807, 2.05) is 42.5 Å². The third-order valence-corrected chi connectivity index (χ3v) is 7.33. The van der Waals surface area contributed by atoms with Crippen molar-refractivity contribution >= 4 is 20.9 Å². The maximum atomic E-state index is 13.7. The second kappa shape index (κ2) is 7.62. The van der Waals surface area contributed by atoms with Crippen molar-refractivity contribution < 1.29 is 12.9 Å². The highest BCUT2D eigenvalue weighted by molar-refractivity contribution is 7.89. The first-order chi connectivity index (χ1) is 14.6. The Morgan fingerprint density at radius 1 is 0.967 bits per heavy atom. The molecule has 1 unspecified atom stereocenters. The summed E-state index contributed by atoms with van der Waals surface area (Å²) in [7, 11) is -3.80. The Morgan fingerprint density at radius 2 is 1.80 bits per heavy atom. The topological polar surface area (TPSA) is 89.2 Å². The lowest BCUT2D eigenvalue weighted by atomic mass is 10.1. The number of para-hydroxylation sites is 1. The molecule has 1 fully saturated rings. The summed E-state index contributed by atoms with van der Waals surface area (Å²) in [6.45, 7) is 0.402. The van der Waals surface area contributed by atoms with Gasteiger partial charge in [0.05, 0.1) is 5.52 Å². The lowest BCUT2D eigenvalue weighted by Crippen LogP contribution is -2.38. The predicted molar refractivity (Wildman–Crippen MR) is 112 cm³/mol. The summed E-state index contributed by atoms with van der Waals surface area (Å²) < 4.78 is 34.3. The maximum Gasteiger partial charge on any atom is 0.245 e. The Kier molecular flexibility index (Phi) is 4.80. The molecule has 30 heavy (non-hydrogen) atoms. The quantitative estimate of drug-likeness (QED) is 0.492. The normalized spacial score (nSPS) is 17.9. The maximum absolute atomic E-state index is 13.7. The van der Waals surface area contributed by atoms with Crippen LogP contribution in [0.4, 0.5) is 0 Å². The average molecular weight is 420 g/mol. The molecule has 0 N–H and O–H groups in total. The summed E-state index contributed by atoms with van der Waals surface area (Å²) in [5, 5.41) is 4.87. The van der Waals surface area contributed by atoms with Crippen molar-refractivity contribution in [2.24, 2.45) is 0 Å². The molecule has 7 nitrogen and oxygen atoms in total. The summed E-state index contributed by atoms with van der Waals surface area (Å²) in [5.41, 5.74) is 1.30. The first kappa shape index (κ1) is 18.9. The zero-order chi connectivity index (χ0) is 20.6. The van der Waals surface area contributed by atoms with Gasteiger partial charge in [-0.3, -0.25) is 4.98 Å². The van der Waals surface area contributed by atoms with Crippen molar-refractivity contribution in [3.63, 3.8) is 0 Å². The minimum absolute atomic E-state index is 0.204. The summed E-state index contributed by atoms with van der Waals surface area (Å²) in [6, 6.07) is 17.9. The number of hydrogen-bond acceptors (Lipinski definition) is 6. The van der Waals surface area contributed by atoms with Crippen molar-refractivity contribution in [2.45, 2.75) is 30.2 Å². The van der Waals surface area contributed by atoms with Gasteiger partial charge in [-0.1, -0.05) is 60.1 Å². The number of hydrogen-bond donors (Lipinski definition) is 0. The van der Waals surface area contributed by atoms with E-state index in [-0.39, 0.29) is 4.90 Å². The standard InChI is InChI=1S/C22H20N4O3S/c27-30(28,19-13-6-10-16-11-7-14-23-20(16)19)26-15-5-4-12-18(26)22-24-21(25-29-22)17-8-2-1-3-9-17/h1-3,6-11,13-14,18H,4-5,12,15H2. The van der Waals surface area contributed by atoms with Gasteiger partial charge < -0.3 is 4.52 Å². The van der Waals surface area contributed by atoms with E-state index in [0.29, 0.717) is 30.2 Å². The molecule has 4 aromatic rings. The molecule has 0 radical (unpaired) electrons. The van der Waals surface area contributed by atoms with Crippen LogP contribution < -0.4 is 0 Å². The molecule has 2 aromatic carbocycles. The number of piperidine rings is 1. The second-order valence-corrected chi connectivity index (χ2v) is 9.14. The van der Waals surface area contributed by atoms with Gasteiger partial charge in [-0.2, -0.15) is 9.29 Å². The average Bonchev–Trinajstić information content (AvgIpc) is 3.29. The molecule has 0 saturated carbocycles. The number of pyridine rings is 1. The smallest absolute Gasteiger partial charge is 0.245 e. The molecule has 1 aliphatic heterocycles. The van der Waals surface area contributed by atoms with Gasteiger partial charge in [-0.15, -0.1) is 0 Å². The van der Waals surface area contributed by atoms with Crippen LogP contribution in [0.15, 0.2) is 76.3 Å². The van der Waals surface area contributed by atoms with Gasteiger partial charge in [-0.05, 0) is 25.0 Å². The highest BCUT2D eigenvalue weighted by atomic mass is 32.2. The van der Waals surface area contributed by atoms with Gasteiger partial charge in [-0.25, -0.2) is 8.42 Å². The summed E-state index contributed by atoms with van der Waals surface area (Å²) >= 11 is 0. The van der Waals surface area contributed by atoms with Gasteiger partial charge in [0.15, 0.2) is 0 Å². The number of fused-ring (bicyclic) bond motifs is 1. The summed E-state index contributed by atoms with van der Waals surface area (Å²) in [6.07, 6.45) is 3.92. The Balaban J connectivity index is 1.55. The molecule has 152 valence electrons. The lowest BCUT2D eigenvalue weighted by Gasteiger charge is -2.32. The Morgan fingerprint density at radius 3 is 2.67 bits per heavy atom. The van der Waals surface area contributed by atoms with Crippen LogP contribution in [0.3, 0.4) is 0 Å². The van der Waals surface area contributed by atoms with Gasteiger partial charge in [0.1, 0.15) is 10.9 Å². The van der Waals surface area contributed by atoms with Crippen LogP contribution in [0, 0.1) is 0 Å². The number of aromatic nitrogens is 3. The van der Waals surface area contributed by atoms with Crippen LogP contribution in [0.1, 0.15) is 31.2 Å². The van der Waals surface area contributed by atoms with E-state index in [4.69, 9.17) is 4.52 Å². The second-order valence-electron chi connectivity index (χ2n) is 7.28. The number of sulfonamides is 1. The first-order valence-electron chi connectivity index (χ1n) is 9.89. The molecule has 1 aliphatic rings. The number of benzene rings is 2. The molecule has 0 amide bonds. The number of nitrogens with zero attached hydrogens (tertiary/aromatic N) is 4. The predicted octanol–water partition coefficient (Wildman–Crippen LogP) is 4.20. The van der Waals surface area contributed by atoms with E-state index in [1.54, 1.807) is 24.4 Å². The van der Waals surface area contributed by atoms with Crippen LogP contribution in [-0.4, -0.2) is 34.4 Å². The Labute approximate surface area is 174 Å². The van der Waals surface area contributed by atoms with Gasteiger partial charge in [0, 0.05) is 23.7 Å². The Bertz CT molecular complexity index is 1280. The molecule has 3 heterocycles. The zero-order valence-corrected chi connectivity index (χ0v) is 17.0. The number of rotatable bonds is 4. The van der Waals surface area contributed by atoms with Crippen LogP contribution in [-0.2, 0) is 10.0 Å². The monoisotopic (exact) mass is 420 g/mol. The van der Waals surface area contributed by atoms with Crippen LogP contribution in [0.2, 0.25) is 0 Å². The first-order valence-corrected chi connectivity index (χ1v) is 11.3. The molecular formula is C22H20N4O3S. The van der Waals surface area contributed by atoms with E-state index in [9.17, 15) is 8.42 Å². The molecule has 0 aliphatic carbocycles. The summed E-state index contributed by atoms with van der Waals surface area (Å²) in [5.74, 6) is 0.783. The van der Waals surface area contributed by atoms with Gasteiger partial charge in [0.25, 0.3) is 0 Å². The van der Waals surface area contributed by atoms with Crippen molar-refractivity contribution in [1.29, 1.82) is 0 Å². The van der Waals surface area contributed by atoms with E-state index >= 15 is 0 Å². The van der Waals surface area contributed by atoms with Crippen molar-refractivity contribution in [1.82, 2.24) is 19.4 Å². The SMILES string of the molecule is O=S(=O)(c1cccc2cccnc12)N1CCCCC1c1nc(-c2ccccc2)no1. The third kappa shape index (κ3) is 3.28. The Hall–Kier alpha value is -3.10. The van der Waals surface area contributed by atoms with Crippen molar-refractivity contribution in [3.8, 4) is 11.4 Å². The van der Waals surface area contributed by atoms with Crippen LogP contribution >= 0.6 is 0 Å². The molecule has 0 spiro atoms. The molecule has 1 saturated heterocycles. The third-order valence-electron chi connectivity index (χ3n) is 5.39.